The minimum Gasteiger partial charge on any atom is -0.496 e. The van der Waals surface area contributed by atoms with Gasteiger partial charge >= 0.3 is 6.03 Å². The zero-order valence-corrected chi connectivity index (χ0v) is 18.7. The van der Waals surface area contributed by atoms with E-state index in [0.29, 0.717) is 11.4 Å². The standard InChI is InChI=1S/C25H25ClN2O3/c1-25(2,3)17-11-9-16(10-12-17)19-14-13-18(15-22(19)31-4)27-24(30)28-23(29)20-7-5-6-8-21(20)26/h5-15H,1-4H3,(H2,27,28,29,30). The second-order valence-electron chi connectivity index (χ2n) is 8.13. The summed E-state index contributed by atoms with van der Waals surface area (Å²) in [4.78, 5) is 24.5. The van der Waals surface area contributed by atoms with Crippen LogP contribution in [-0.2, 0) is 5.41 Å². The minimum absolute atomic E-state index is 0.0746. The lowest BCUT2D eigenvalue weighted by Crippen LogP contribution is -2.34. The lowest BCUT2D eigenvalue weighted by Gasteiger charge is -2.19. The van der Waals surface area contributed by atoms with Crippen molar-refractivity contribution in [3.63, 3.8) is 0 Å². The molecule has 0 saturated carbocycles. The van der Waals surface area contributed by atoms with E-state index in [2.05, 4.69) is 55.7 Å². The van der Waals surface area contributed by atoms with Gasteiger partial charge in [-0.3, -0.25) is 10.1 Å². The summed E-state index contributed by atoms with van der Waals surface area (Å²) in [6.07, 6.45) is 0. The number of carbonyl (C=O) groups excluding carboxylic acids is 2. The highest BCUT2D eigenvalue weighted by Gasteiger charge is 2.16. The number of nitrogens with one attached hydrogen (secondary N) is 2. The van der Waals surface area contributed by atoms with Crippen LogP contribution in [0.1, 0.15) is 36.7 Å². The third kappa shape index (κ3) is 5.44. The summed E-state index contributed by atoms with van der Waals surface area (Å²) < 4.78 is 5.53. The molecular weight excluding hydrogens is 412 g/mol. The fourth-order valence-corrected chi connectivity index (χ4v) is 3.36. The highest BCUT2D eigenvalue weighted by molar-refractivity contribution is 6.34. The zero-order valence-electron chi connectivity index (χ0n) is 18.0. The molecule has 3 rings (SSSR count). The van der Waals surface area contributed by atoms with E-state index in [1.165, 1.54) is 5.56 Å². The molecule has 6 heteroatoms. The van der Waals surface area contributed by atoms with Crippen LogP contribution in [0.4, 0.5) is 10.5 Å². The van der Waals surface area contributed by atoms with Crippen LogP contribution in [-0.4, -0.2) is 19.0 Å². The van der Waals surface area contributed by atoms with Crippen LogP contribution < -0.4 is 15.4 Å². The van der Waals surface area contributed by atoms with Crippen molar-refractivity contribution in [3.05, 3.63) is 82.9 Å². The molecule has 31 heavy (non-hydrogen) atoms. The van der Waals surface area contributed by atoms with Crippen molar-refractivity contribution < 1.29 is 14.3 Å². The molecule has 2 N–H and O–H groups in total. The maximum absolute atomic E-state index is 12.3. The predicted molar refractivity (Wildman–Crippen MR) is 125 cm³/mol. The second kappa shape index (κ2) is 9.23. The molecule has 0 aliphatic heterocycles. The average molecular weight is 437 g/mol. The van der Waals surface area contributed by atoms with Crippen LogP contribution in [0.2, 0.25) is 5.02 Å². The Bertz CT molecular complexity index is 1100. The van der Waals surface area contributed by atoms with Gasteiger partial charge in [0, 0.05) is 17.3 Å². The number of carbonyl (C=O) groups is 2. The van der Waals surface area contributed by atoms with Crippen molar-refractivity contribution in [1.29, 1.82) is 0 Å². The van der Waals surface area contributed by atoms with Crippen LogP contribution in [0.3, 0.4) is 0 Å². The van der Waals surface area contributed by atoms with Crippen molar-refractivity contribution in [3.8, 4) is 16.9 Å². The Morgan fingerprint density at radius 3 is 2.23 bits per heavy atom. The largest absolute Gasteiger partial charge is 0.496 e. The van der Waals surface area contributed by atoms with E-state index in [9.17, 15) is 9.59 Å². The van der Waals surface area contributed by atoms with E-state index in [1.807, 2.05) is 6.07 Å². The SMILES string of the molecule is COc1cc(NC(=O)NC(=O)c2ccccc2Cl)ccc1-c1ccc(C(C)(C)C)cc1. The van der Waals surface area contributed by atoms with E-state index >= 15 is 0 Å². The monoisotopic (exact) mass is 436 g/mol. The zero-order chi connectivity index (χ0) is 22.6. The lowest BCUT2D eigenvalue weighted by atomic mass is 9.86. The van der Waals surface area contributed by atoms with Gasteiger partial charge in [-0.15, -0.1) is 0 Å². The quantitative estimate of drug-likeness (QED) is 0.506. The number of hydrogen-bond donors (Lipinski definition) is 2. The van der Waals surface area contributed by atoms with Gasteiger partial charge in [-0.2, -0.15) is 0 Å². The fourth-order valence-electron chi connectivity index (χ4n) is 3.14. The van der Waals surface area contributed by atoms with Gasteiger partial charge in [0.2, 0.25) is 0 Å². The number of methoxy groups -OCH3 is 1. The first-order chi connectivity index (χ1) is 14.7. The van der Waals surface area contributed by atoms with Gasteiger partial charge in [0.15, 0.2) is 0 Å². The van der Waals surface area contributed by atoms with Crippen molar-refractivity contribution >= 4 is 29.2 Å². The molecule has 3 aromatic rings. The van der Waals surface area contributed by atoms with Crippen molar-refractivity contribution in [2.75, 3.05) is 12.4 Å². The number of rotatable bonds is 4. The van der Waals surface area contributed by atoms with Gasteiger partial charge in [0.1, 0.15) is 5.75 Å². The molecule has 0 aromatic heterocycles. The average Bonchev–Trinajstić information content (AvgIpc) is 2.73. The lowest BCUT2D eigenvalue weighted by molar-refractivity contribution is 0.0967. The summed E-state index contributed by atoms with van der Waals surface area (Å²) in [5, 5.41) is 5.20. The third-order valence-corrected chi connectivity index (χ3v) is 5.20. The number of hydrogen-bond acceptors (Lipinski definition) is 3. The summed E-state index contributed by atoms with van der Waals surface area (Å²) in [6, 6.07) is 19.5. The van der Waals surface area contributed by atoms with Gasteiger partial charge in [0.05, 0.1) is 17.7 Å². The second-order valence-corrected chi connectivity index (χ2v) is 8.54. The van der Waals surface area contributed by atoms with Gasteiger partial charge in [-0.05, 0) is 40.8 Å². The summed E-state index contributed by atoms with van der Waals surface area (Å²) in [5.41, 5.74) is 3.96. The number of benzene rings is 3. The number of halogens is 1. The van der Waals surface area contributed by atoms with E-state index in [0.717, 1.165) is 11.1 Å². The molecule has 0 spiro atoms. The smallest absolute Gasteiger partial charge is 0.326 e. The molecule has 0 fully saturated rings. The van der Waals surface area contributed by atoms with Crippen molar-refractivity contribution in [2.24, 2.45) is 0 Å². The summed E-state index contributed by atoms with van der Waals surface area (Å²) >= 11 is 6.00. The van der Waals surface area contributed by atoms with Gasteiger partial charge in [-0.25, -0.2) is 4.79 Å². The topological polar surface area (TPSA) is 67.4 Å². The van der Waals surface area contributed by atoms with Crippen LogP contribution in [0, 0.1) is 0 Å². The number of ether oxygens (including phenoxy) is 1. The van der Waals surface area contributed by atoms with E-state index in [4.69, 9.17) is 16.3 Å². The predicted octanol–water partition coefficient (Wildman–Crippen LogP) is 6.28. The maximum atomic E-state index is 12.3. The number of anilines is 1. The van der Waals surface area contributed by atoms with Crippen molar-refractivity contribution in [1.82, 2.24) is 5.32 Å². The number of imide groups is 1. The molecule has 3 amide bonds. The Hall–Kier alpha value is -3.31. The number of amides is 3. The Morgan fingerprint density at radius 2 is 1.61 bits per heavy atom. The maximum Gasteiger partial charge on any atom is 0.326 e. The Morgan fingerprint density at radius 1 is 0.935 bits per heavy atom. The summed E-state index contributed by atoms with van der Waals surface area (Å²) in [5.74, 6) is 0.0318. The normalized spacial score (nSPS) is 11.0. The van der Waals surface area contributed by atoms with Crippen LogP contribution >= 0.6 is 11.6 Å². The van der Waals surface area contributed by atoms with E-state index in [-0.39, 0.29) is 16.0 Å². The first kappa shape index (κ1) is 22.4. The van der Waals surface area contributed by atoms with Crippen LogP contribution in [0.5, 0.6) is 5.75 Å². The Kier molecular flexibility index (Phi) is 6.66. The molecule has 160 valence electrons. The van der Waals surface area contributed by atoms with E-state index in [1.54, 1.807) is 43.5 Å². The summed E-state index contributed by atoms with van der Waals surface area (Å²) in [7, 11) is 1.58. The highest BCUT2D eigenvalue weighted by atomic mass is 35.5. The van der Waals surface area contributed by atoms with Gasteiger partial charge < -0.3 is 10.1 Å². The molecule has 0 heterocycles. The molecule has 5 nitrogen and oxygen atoms in total. The molecule has 0 bridgehead atoms. The molecule has 0 saturated heterocycles. The molecular formula is C25H25ClN2O3. The fraction of sp³-hybridized carbons (Fsp3) is 0.200. The molecule has 0 aliphatic rings. The molecule has 0 aliphatic carbocycles. The minimum atomic E-state index is -0.658. The van der Waals surface area contributed by atoms with Crippen molar-refractivity contribution in [2.45, 2.75) is 26.2 Å². The molecule has 0 atom stereocenters. The molecule has 0 radical (unpaired) electrons. The Labute approximate surface area is 187 Å². The third-order valence-electron chi connectivity index (χ3n) is 4.87. The van der Waals surface area contributed by atoms with Crippen LogP contribution in [0.25, 0.3) is 11.1 Å². The number of urea groups is 1. The van der Waals surface area contributed by atoms with Gasteiger partial charge in [-0.1, -0.05) is 68.8 Å². The Balaban J connectivity index is 1.74. The highest BCUT2D eigenvalue weighted by Crippen LogP contribution is 2.34. The van der Waals surface area contributed by atoms with Gasteiger partial charge in [0.25, 0.3) is 5.91 Å². The first-order valence-corrected chi connectivity index (χ1v) is 10.2. The van der Waals surface area contributed by atoms with Crippen LogP contribution in [0.15, 0.2) is 66.7 Å². The molecule has 3 aromatic carbocycles. The summed E-state index contributed by atoms with van der Waals surface area (Å²) in [6.45, 7) is 6.51. The van der Waals surface area contributed by atoms with E-state index < -0.39 is 11.9 Å². The first-order valence-electron chi connectivity index (χ1n) is 9.85. The molecule has 0 unspecified atom stereocenters.